The fourth-order valence-electron chi connectivity index (χ4n) is 2.32. The fourth-order valence-corrected chi connectivity index (χ4v) is 3.03. The molecule has 108 valence electrons. The summed E-state index contributed by atoms with van der Waals surface area (Å²) in [6.07, 6.45) is 3.28. The van der Waals surface area contributed by atoms with Gasteiger partial charge in [-0.1, -0.05) is 31.1 Å². The van der Waals surface area contributed by atoms with Crippen LogP contribution in [0.5, 0.6) is 0 Å². The molecule has 2 heterocycles. The van der Waals surface area contributed by atoms with Crippen LogP contribution in [0.25, 0.3) is 10.6 Å². The molecule has 6 heteroatoms. The van der Waals surface area contributed by atoms with E-state index in [-0.39, 0.29) is 5.56 Å². The molecule has 2 aromatic rings. The minimum absolute atomic E-state index is 0.00903. The quantitative estimate of drug-likeness (QED) is 0.860. The summed E-state index contributed by atoms with van der Waals surface area (Å²) in [6, 6.07) is 2.03. The van der Waals surface area contributed by atoms with Gasteiger partial charge in [0.1, 0.15) is 0 Å². The lowest BCUT2D eigenvalue weighted by Gasteiger charge is -2.13. The molecule has 2 N–H and O–H groups in total. The Balaban J connectivity index is 2.47. The SMILES string of the molecule is CCCCCn1c(C)cc(C)c(-c2nnc(N)s2)c1=O. The average Bonchev–Trinajstić information content (AvgIpc) is 2.79. The minimum atomic E-state index is 0.00903. The number of hydrogen-bond acceptors (Lipinski definition) is 5. The molecule has 0 atom stereocenters. The first-order valence-electron chi connectivity index (χ1n) is 6.85. The maximum absolute atomic E-state index is 12.7. The molecule has 2 rings (SSSR count). The zero-order chi connectivity index (χ0) is 14.7. The Morgan fingerprint density at radius 1 is 1.30 bits per heavy atom. The van der Waals surface area contributed by atoms with Crippen molar-refractivity contribution in [3.63, 3.8) is 0 Å². The summed E-state index contributed by atoms with van der Waals surface area (Å²) in [5, 5.41) is 8.80. The first kappa shape index (κ1) is 14.7. The van der Waals surface area contributed by atoms with Crippen LogP contribution in [0.4, 0.5) is 5.13 Å². The third-order valence-corrected chi connectivity index (χ3v) is 4.11. The van der Waals surface area contributed by atoms with Crippen LogP contribution in [0.2, 0.25) is 0 Å². The molecule has 0 aliphatic rings. The van der Waals surface area contributed by atoms with Gasteiger partial charge in [0.15, 0.2) is 5.01 Å². The van der Waals surface area contributed by atoms with Gasteiger partial charge in [-0.2, -0.15) is 0 Å². The number of anilines is 1. The number of nitrogens with two attached hydrogens (primary N) is 1. The van der Waals surface area contributed by atoms with Crippen LogP contribution in [-0.2, 0) is 6.54 Å². The normalized spacial score (nSPS) is 10.9. The van der Waals surface area contributed by atoms with Crippen molar-refractivity contribution in [1.82, 2.24) is 14.8 Å². The van der Waals surface area contributed by atoms with Crippen LogP contribution >= 0.6 is 11.3 Å². The summed E-state index contributed by atoms with van der Waals surface area (Å²) in [5.74, 6) is 0. The number of nitrogen functional groups attached to an aromatic ring is 1. The molecule has 5 nitrogen and oxygen atoms in total. The molecule has 0 amide bonds. The second-order valence-corrected chi connectivity index (χ2v) is 5.96. The van der Waals surface area contributed by atoms with Gasteiger partial charge >= 0.3 is 0 Å². The third-order valence-electron chi connectivity index (χ3n) is 3.34. The number of pyridine rings is 1. The van der Waals surface area contributed by atoms with E-state index in [4.69, 9.17) is 5.73 Å². The van der Waals surface area contributed by atoms with Gasteiger partial charge in [0.25, 0.3) is 5.56 Å². The highest BCUT2D eigenvalue weighted by molar-refractivity contribution is 7.18. The van der Waals surface area contributed by atoms with E-state index in [1.807, 2.05) is 24.5 Å². The van der Waals surface area contributed by atoms with Crippen molar-refractivity contribution in [2.24, 2.45) is 0 Å². The molecule has 0 radical (unpaired) electrons. The van der Waals surface area contributed by atoms with Gasteiger partial charge in [0.2, 0.25) is 5.13 Å². The minimum Gasteiger partial charge on any atom is -0.374 e. The van der Waals surface area contributed by atoms with E-state index in [1.165, 1.54) is 11.3 Å². The number of nitrogens with zero attached hydrogens (tertiary/aromatic N) is 3. The summed E-state index contributed by atoms with van der Waals surface area (Å²) in [5.41, 5.74) is 8.17. The van der Waals surface area contributed by atoms with Crippen molar-refractivity contribution < 1.29 is 0 Å². The molecule has 2 aromatic heterocycles. The summed E-state index contributed by atoms with van der Waals surface area (Å²) in [4.78, 5) is 12.7. The van der Waals surface area contributed by atoms with E-state index < -0.39 is 0 Å². The van der Waals surface area contributed by atoms with E-state index >= 15 is 0 Å². The first-order valence-corrected chi connectivity index (χ1v) is 7.66. The Labute approximate surface area is 122 Å². The number of unbranched alkanes of at least 4 members (excludes halogenated alkanes) is 2. The summed E-state index contributed by atoms with van der Waals surface area (Å²) < 4.78 is 1.83. The Kier molecular flexibility index (Phi) is 4.54. The van der Waals surface area contributed by atoms with E-state index in [1.54, 1.807) is 0 Å². The summed E-state index contributed by atoms with van der Waals surface area (Å²) >= 11 is 1.25. The largest absolute Gasteiger partial charge is 0.374 e. The highest BCUT2D eigenvalue weighted by Gasteiger charge is 2.15. The molecule has 0 saturated carbocycles. The number of aryl methyl sites for hydroxylation is 2. The van der Waals surface area contributed by atoms with Crippen LogP contribution < -0.4 is 11.3 Å². The van der Waals surface area contributed by atoms with Gasteiger partial charge in [0.05, 0.1) is 5.56 Å². The zero-order valence-electron chi connectivity index (χ0n) is 12.1. The lowest BCUT2D eigenvalue weighted by molar-refractivity contribution is 0.576. The standard InChI is InChI=1S/C14H20N4OS/c1-4-5-6-7-18-10(3)8-9(2)11(13(18)19)12-16-17-14(15)20-12/h8H,4-7H2,1-3H3,(H2,15,17). The molecule has 20 heavy (non-hydrogen) atoms. The lowest BCUT2D eigenvalue weighted by atomic mass is 10.1. The molecule has 0 bridgehead atoms. The van der Waals surface area contributed by atoms with Crippen molar-refractivity contribution in [3.8, 4) is 10.6 Å². The second kappa shape index (κ2) is 6.17. The number of rotatable bonds is 5. The topological polar surface area (TPSA) is 73.8 Å². The van der Waals surface area contributed by atoms with Gasteiger partial charge in [-0.05, 0) is 31.9 Å². The Morgan fingerprint density at radius 3 is 2.65 bits per heavy atom. The Morgan fingerprint density at radius 2 is 2.05 bits per heavy atom. The Hall–Kier alpha value is -1.69. The maximum atomic E-state index is 12.7. The van der Waals surface area contributed by atoms with Crippen LogP contribution in [0, 0.1) is 13.8 Å². The average molecular weight is 292 g/mol. The van der Waals surface area contributed by atoms with Crippen LogP contribution in [0.15, 0.2) is 10.9 Å². The monoisotopic (exact) mass is 292 g/mol. The van der Waals surface area contributed by atoms with Gasteiger partial charge < -0.3 is 10.3 Å². The van der Waals surface area contributed by atoms with Crippen molar-refractivity contribution >= 4 is 16.5 Å². The molecule has 0 aliphatic heterocycles. The summed E-state index contributed by atoms with van der Waals surface area (Å²) in [6.45, 7) is 6.80. The zero-order valence-corrected chi connectivity index (χ0v) is 13.0. The van der Waals surface area contributed by atoms with E-state index in [0.717, 1.165) is 37.1 Å². The second-order valence-electron chi connectivity index (χ2n) is 4.95. The van der Waals surface area contributed by atoms with E-state index in [2.05, 4.69) is 17.1 Å². The van der Waals surface area contributed by atoms with E-state index in [9.17, 15) is 4.79 Å². The predicted molar refractivity (Wildman–Crippen MR) is 83.0 cm³/mol. The predicted octanol–water partition coefficient (Wildman–Crippen LogP) is 2.76. The molecule has 0 saturated heterocycles. The molecule has 0 spiro atoms. The lowest BCUT2D eigenvalue weighted by Crippen LogP contribution is -2.25. The van der Waals surface area contributed by atoms with Crippen molar-refractivity contribution in [2.45, 2.75) is 46.6 Å². The van der Waals surface area contributed by atoms with Crippen LogP contribution in [-0.4, -0.2) is 14.8 Å². The van der Waals surface area contributed by atoms with Crippen LogP contribution in [0.1, 0.15) is 37.4 Å². The summed E-state index contributed by atoms with van der Waals surface area (Å²) in [7, 11) is 0. The van der Waals surface area contributed by atoms with Gasteiger partial charge in [0, 0.05) is 12.2 Å². The fraction of sp³-hybridized carbons (Fsp3) is 0.500. The highest BCUT2D eigenvalue weighted by Crippen LogP contribution is 2.25. The van der Waals surface area contributed by atoms with E-state index in [0.29, 0.717) is 15.7 Å². The molecule has 0 fully saturated rings. The smallest absolute Gasteiger partial charge is 0.261 e. The van der Waals surface area contributed by atoms with Gasteiger partial charge in [-0.25, -0.2) is 0 Å². The van der Waals surface area contributed by atoms with Crippen molar-refractivity contribution in [3.05, 3.63) is 27.7 Å². The first-order chi connectivity index (χ1) is 9.54. The third kappa shape index (κ3) is 2.90. The molecule has 0 aliphatic carbocycles. The molecule has 0 unspecified atom stereocenters. The van der Waals surface area contributed by atoms with Gasteiger partial charge in [-0.15, -0.1) is 10.2 Å². The molecule has 0 aromatic carbocycles. The van der Waals surface area contributed by atoms with Gasteiger partial charge in [-0.3, -0.25) is 4.79 Å². The van der Waals surface area contributed by atoms with Crippen molar-refractivity contribution in [2.75, 3.05) is 5.73 Å². The number of hydrogen-bond donors (Lipinski definition) is 1. The highest BCUT2D eigenvalue weighted by atomic mass is 32.1. The number of aromatic nitrogens is 3. The molecular formula is C14H20N4OS. The maximum Gasteiger partial charge on any atom is 0.261 e. The molecular weight excluding hydrogens is 272 g/mol. The van der Waals surface area contributed by atoms with Crippen LogP contribution in [0.3, 0.4) is 0 Å². The van der Waals surface area contributed by atoms with Crippen molar-refractivity contribution in [1.29, 1.82) is 0 Å². The Bertz CT molecular complexity index is 660.